The molecule has 4 unspecified atom stereocenters. The number of guanidine groups is 1. The number of aliphatic imine (C=N–C) groups is 1. The zero-order valence-corrected chi connectivity index (χ0v) is 19.7. The highest BCUT2D eigenvalue weighted by Gasteiger charge is 2.29. The van der Waals surface area contributed by atoms with Crippen LogP contribution in [0, 0.1) is 5.92 Å². The number of hydrogen-bond acceptors (Lipinski definition) is 3. The third-order valence-corrected chi connectivity index (χ3v) is 6.31. The Hall–Kier alpha value is -0.830. The lowest BCUT2D eigenvalue weighted by atomic mass is 9.93. The Balaban J connectivity index is 0.00000261. The number of hydrogen-bond donors (Lipinski definition) is 1. The summed E-state index contributed by atoms with van der Waals surface area (Å²) in [5.41, 5.74) is 0. The second-order valence-electron chi connectivity index (χ2n) is 8.15. The third-order valence-electron chi connectivity index (χ3n) is 6.31. The summed E-state index contributed by atoms with van der Waals surface area (Å²) in [4.78, 5) is 13.9. The van der Waals surface area contributed by atoms with Crippen molar-refractivity contribution in [1.82, 2.24) is 24.7 Å². The number of halogens is 1. The summed E-state index contributed by atoms with van der Waals surface area (Å²) in [5.74, 6) is 1.70. The van der Waals surface area contributed by atoms with Crippen LogP contribution in [0.4, 0.5) is 0 Å². The summed E-state index contributed by atoms with van der Waals surface area (Å²) in [6, 6.07) is 1.70. The van der Waals surface area contributed by atoms with E-state index >= 15 is 0 Å². The zero-order valence-electron chi connectivity index (χ0n) is 17.3. The van der Waals surface area contributed by atoms with Gasteiger partial charge in [-0.2, -0.15) is 0 Å². The van der Waals surface area contributed by atoms with Crippen LogP contribution >= 0.6 is 24.0 Å². The van der Waals surface area contributed by atoms with Crippen LogP contribution in [0.15, 0.2) is 23.7 Å². The van der Waals surface area contributed by atoms with Crippen molar-refractivity contribution in [2.75, 3.05) is 33.2 Å². The number of imidazole rings is 1. The molecule has 4 atom stereocenters. The van der Waals surface area contributed by atoms with Crippen LogP contribution in [0.2, 0.25) is 0 Å². The standard InChI is InChI=1S/C20H36N6.HI/c1-16-8-11-24(14-19(16)25-12-9-22-15-25)20(21-4)23-13-18(3)26-10-6-5-7-17(26)2;/h9,12,15-19H,5-8,10-11,13-14H2,1-4H3,(H,21,23);1H. The van der Waals surface area contributed by atoms with Gasteiger partial charge < -0.3 is 14.8 Å². The number of rotatable bonds is 4. The monoisotopic (exact) mass is 488 g/mol. The van der Waals surface area contributed by atoms with Gasteiger partial charge in [0.1, 0.15) is 0 Å². The van der Waals surface area contributed by atoms with Gasteiger partial charge in [0.05, 0.1) is 12.4 Å². The van der Waals surface area contributed by atoms with Gasteiger partial charge in [0.2, 0.25) is 0 Å². The minimum absolute atomic E-state index is 0. The number of nitrogens with zero attached hydrogens (tertiary/aromatic N) is 5. The van der Waals surface area contributed by atoms with Crippen molar-refractivity contribution in [2.24, 2.45) is 10.9 Å². The molecule has 0 aliphatic carbocycles. The molecule has 0 aromatic carbocycles. The Morgan fingerprint density at radius 2 is 2.07 bits per heavy atom. The van der Waals surface area contributed by atoms with Crippen molar-refractivity contribution in [2.45, 2.75) is 64.6 Å². The quantitative estimate of drug-likeness (QED) is 0.402. The van der Waals surface area contributed by atoms with Crippen molar-refractivity contribution in [1.29, 1.82) is 0 Å². The van der Waals surface area contributed by atoms with Gasteiger partial charge in [0.25, 0.3) is 0 Å². The molecule has 2 saturated heterocycles. The number of nitrogens with one attached hydrogen (secondary N) is 1. The van der Waals surface area contributed by atoms with E-state index in [9.17, 15) is 0 Å². The Morgan fingerprint density at radius 1 is 1.26 bits per heavy atom. The smallest absolute Gasteiger partial charge is 0.193 e. The Morgan fingerprint density at radius 3 is 2.74 bits per heavy atom. The van der Waals surface area contributed by atoms with Crippen molar-refractivity contribution >= 4 is 29.9 Å². The molecule has 3 heterocycles. The average Bonchev–Trinajstić information content (AvgIpc) is 3.18. The van der Waals surface area contributed by atoms with Crippen LogP contribution in [0.5, 0.6) is 0 Å². The van der Waals surface area contributed by atoms with Crippen molar-refractivity contribution in [3.05, 3.63) is 18.7 Å². The Bertz CT molecular complexity index is 575. The zero-order chi connectivity index (χ0) is 18.5. The molecule has 6 nitrogen and oxygen atoms in total. The van der Waals surface area contributed by atoms with Gasteiger partial charge >= 0.3 is 0 Å². The van der Waals surface area contributed by atoms with Gasteiger partial charge in [-0.15, -0.1) is 24.0 Å². The van der Waals surface area contributed by atoms with Crippen LogP contribution in [0.25, 0.3) is 0 Å². The van der Waals surface area contributed by atoms with E-state index in [0.29, 0.717) is 24.0 Å². The second kappa shape index (κ2) is 10.6. The Labute approximate surface area is 181 Å². The van der Waals surface area contributed by atoms with Crippen LogP contribution in [0.1, 0.15) is 52.5 Å². The molecule has 27 heavy (non-hydrogen) atoms. The third kappa shape index (κ3) is 5.59. The molecule has 7 heteroatoms. The molecule has 2 aliphatic rings. The summed E-state index contributed by atoms with van der Waals surface area (Å²) in [6.45, 7) is 11.3. The van der Waals surface area contributed by atoms with Crippen molar-refractivity contribution in [3.8, 4) is 0 Å². The van der Waals surface area contributed by atoms with Crippen LogP contribution < -0.4 is 5.32 Å². The number of likely N-dealkylation sites (tertiary alicyclic amines) is 2. The Kier molecular flexibility index (Phi) is 8.85. The molecule has 0 bridgehead atoms. The molecular weight excluding hydrogens is 451 g/mol. The second-order valence-corrected chi connectivity index (χ2v) is 8.15. The first kappa shape index (κ1) is 22.5. The maximum atomic E-state index is 4.58. The highest BCUT2D eigenvalue weighted by Crippen LogP contribution is 2.27. The van der Waals surface area contributed by atoms with Gasteiger partial charge in [-0.1, -0.05) is 13.3 Å². The predicted molar refractivity (Wildman–Crippen MR) is 123 cm³/mol. The fourth-order valence-electron chi connectivity index (χ4n) is 4.56. The van der Waals surface area contributed by atoms with Crippen LogP contribution in [0.3, 0.4) is 0 Å². The summed E-state index contributed by atoms with van der Waals surface area (Å²) >= 11 is 0. The molecule has 1 aromatic heterocycles. The number of piperidine rings is 2. The molecule has 1 aromatic rings. The lowest BCUT2D eigenvalue weighted by Crippen LogP contribution is -2.53. The van der Waals surface area contributed by atoms with Crippen LogP contribution in [-0.4, -0.2) is 70.6 Å². The van der Waals surface area contributed by atoms with Gasteiger partial charge in [0, 0.05) is 51.2 Å². The molecule has 0 radical (unpaired) electrons. The minimum atomic E-state index is 0. The van der Waals surface area contributed by atoms with E-state index in [-0.39, 0.29) is 24.0 Å². The van der Waals surface area contributed by atoms with Crippen molar-refractivity contribution in [3.63, 3.8) is 0 Å². The summed E-state index contributed by atoms with van der Waals surface area (Å²) in [5, 5.41) is 3.65. The molecule has 154 valence electrons. The first-order valence-electron chi connectivity index (χ1n) is 10.3. The van der Waals surface area contributed by atoms with E-state index in [0.717, 1.165) is 25.6 Å². The van der Waals surface area contributed by atoms with E-state index in [1.807, 2.05) is 19.6 Å². The van der Waals surface area contributed by atoms with E-state index in [2.05, 4.69) is 56.6 Å². The lowest BCUT2D eigenvalue weighted by Gasteiger charge is -2.41. The summed E-state index contributed by atoms with van der Waals surface area (Å²) < 4.78 is 2.25. The first-order valence-corrected chi connectivity index (χ1v) is 10.3. The van der Waals surface area contributed by atoms with Gasteiger partial charge in [-0.05, 0) is 45.6 Å². The maximum Gasteiger partial charge on any atom is 0.193 e. The molecular formula is C20H37IN6. The molecule has 2 aliphatic heterocycles. The summed E-state index contributed by atoms with van der Waals surface area (Å²) in [6.07, 6.45) is 11.1. The highest BCUT2D eigenvalue weighted by atomic mass is 127. The topological polar surface area (TPSA) is 48.7 Å². The van der Waals surface area contributed by atoms with E-state index in [1.165, 1.54) is 32.2 Å². The summed E-state index contributed by atoms with van der Waals surface area (Å²) in [7, 11) is 1.90. The fraction of sp³-hybridized carbons (Fsp3) is 0.800. The molecule has 0 amide bonds. The molecule has 0 spiro atoms. The van der Waals surface area contributed by atoms with E-state index in [4.69, 9.17) is 0 Å². The van der Waals surface area contributed by atoms with E-state index in [1.54, 1.807) is 0 Å². The fourth-order valence-corrected chi connectivity index (χ4v) is 4.56. The number of aromatic nitrogens is 2. The SMILES string of the molecule is CN=C(NCC(C)N1CCCCC1C)N1CCC(C)C(n2ccnc2)C1.I. The average molecular weight is 488 g/mol. The van der Waals surface area contributed by atoms with Crippen LogP contribution in [-0.2, 0) is 0 Å². The van der Waals surface area contributed by atoms with Gasteiger partial charge in [0.15, 0.2) is 5.96 Å². The highest BCUT2D eigenvalue weighted by molar-refractivity contribution is 14.0. The minimum Gasteiger partial charge on any atom is -0.355 e. The van der Waals surface area contributed by atoms with E-state index < -0.39 is 0 Å². The maximum absolute atomic E-state index is 4.58. The first-order chi connectivity index (χ1) is 12.6. The normalized spacial score (nSPS) is 28.5. The van der Waals surface area contributed by atoms with Gasteiger partial charge in [-0.3, -0.25) is 9.89 Å². The predicted octanol–water partition coefficient (Wildman–Crippen LogP) is 3.22. The largest absolute Gasteiger partial charge is 0.355 e. The lowest BCUT2D eigenvalue weighted by molar-refractivity contribution is 0.114. The van der Waals surface area contributed by atoms with Crippen molar-refractivity contribution < 1.29 is 0 Å². The van der Waals surface area contributed by atoms with Gasteiger partial charge in [-0.25, -0.2) is 4.98 Å². The molecule has 3 rings (SSSR count). The molecule has 1 N–H and O–H groups in total. The molecule has 2 fully saturated rings. The molecule has 0 saturated carbocycles.